The number of rotatable bonds is 7. The Morgan fingerprint density at radius 3 is 2.54 bits per heavy atom. The van der Waals surface area contributed by atoms with Crippen molar-refractivity contribution in [3.63, 3.8) is 0 Å². The molecule has 1 atom stereocenters. The van der Waals surface area contributed by atoms with Crippen LogP contribution in [0.4, 0.5) is 13.2 Å². The van der Waals surface area contributed by atoms with Crippen molar-refractivity contribution in [3.05, 3.63) is 86.6 Å². The quantitative estimate of drug-likeness (QED) is 0.199. The summed E-state index contributed by atoms with van der Waals surface area (Å²) in [6.45, 7) is 1.48. The van der Waals surface area contributed by atoms with Crippen LogP contribution < -0.4 is 15.0 Å². The molecule has 4 aromatic rings. The zero-order chi connectivity index (χ0) is 28.3. The van der Waals surface area contributed by atoms with Gasteiger partial charge in [-0.05, 0) is 43.3 Å². The third kappa shape index (κ3) is 5.95. The van der Waals surface area contributed by atoms with E-state index in [1.54, 1.807) is 36.4 Å². The molecule has 0 aliphatic carbocycles. The molecule has 0 amide bonds. The third-order valence-corrected chi connectivity index (χ3v) is 6.07. The summed E-state index contributed by atoms with van der Waals surface area (Å²) in [5.41, 5.74) is -0.875. The SMILES string of the molecule is COC(=O)[C@H](C)Oc1c(C=Nn2c(-c3cccc(C(F)(F)F)c3)nc3ccccc3c2=O)cc(Br)cc1OC. The summed E-state index contributed by atoms with van der Waals surface area (Å²) in [5.74, 6) is -0.355. The van der Waals surface area contributed by atoms with Crippen LogP contribution >= 0.6 is 15.9 Å². The van der Waals surface area contributed by atoms with Crippen molar-refractivity contribution in [1.29, 1.82) is 0 Å². The van der Waals surface area contributed by atoms with Crippen LogP contribution in [0, 0.1) is 0 Å². The van der Waals surface area contributed by atoms with Gasteiger partial charge in [0.15, 0.2) is 23.4 Å². The van der Waals surface area contributed by atoms with Crippen molar-refractivity contribution < 1.29 is 32.2 Å². The van der Waals surface area contributed by atoms with Gasteiger partial charge >= 0.3 is 12.1 Å². The molecule has 0 bridgehead atoms. The van der Waals surface area contributed by atoms with E-state index in [0.29, 0.717) is 15.6 Å². The molecule has 0 aliphatic rings. The lowest BCUT2D eigenvalue weighted by atomic mass is 10.1. The van der Waals surface area contributed by atoms with Gasteiger partial charge in [0.25, 0.3) is 5.56 Å². The van der Waals surface area contributed by atoms with E-state index in [9.17, 15) is 22.8 Å². The highest BCUT2D eigenvalue weighted by atomic mass is 79.9. The van der Waals surface area contributed by atoms with Gasteiger partial charge in [0, 0.05) is 15.6 Å². The molecular weight excluding hydrogens is 583 g/mol. The first-order valence-electron chi connectivity index (χ1n) is 11.4. The number of hydrogen-bond acceptors (Lipinski definition) is 7. The van der Waals surface area contributed by atoms with Crippen molar-refractivity contribution in [3.8, 4) is 22.9 Å². The number of carbonyl (C=O) groups excluding carboxylic acids is 1. The van der Waals surface area contributed by atoms with Crippen LogP contribution in [-0.2, 0) is 15.7 Å². The van der Waals surface area contributed by atoms with Crippen LogP contribution in [0.25, 0.3) is 22.3 Å². The minimum absolute atomic E-state index is 0.0347. The summed E-state index contributed by atoms with van der Waals surface area (Å²) < 4.78 is 57.7. The molecule has 0 N–H and O–H groups in total. The Bertz CT molecular complexity index is 1640. The summed E-state index contributed by atoms with van der Waals surface area (Å²) in [6.07, 6.45) is -4.35. The molecule has 3 aromatic carbocycles. The Labute approximate surface area is 228 Å². The number of aromatic nitrogens is 2. The molecule has 12 heteroatoms. The summed E-state index contributed by atoms with van der Waals surface area (Å²) in [5, 5.41) is 4.52. The maximum atomic E-state index is 13.5. The van der Waals surface area contributed by atoms with E-state index in [0.717, 1.165) is 16.8 Å². The molecule has 0 unspecified atom stereocenters. The van der Waals surface area contributed by atoms with Crippen LogP contribution in [-0.4, -0.2) is 42.2 Å². The summed E-state index contributed by atoms with van der Waals surface area (Å²) in [7, 11) is 2.62. The van der Waals surface area contributed by atoms with Gasteiger partial charge in [-0.2, -0.15) is 22.9 Å². The van der Waals surface area contributed by atoms with E-state index in [4.69, 9.17) is 14.2 Å². The molecular formula is C27H21BrF3N3O5. The maximum absolute atomic E-state index is 13.5. The molecule has 8 nitrogen and oxygen atoms in total. The number of methoxy groups -OCH3 is 2. The third-order valence-electron chi connectivity index (χ3n) is 5.61. The standard InChI is InChI=1S/C27H21BrF3N3O5/c1-15(26(36)38-3)39-23-17(12-19(28)13-22(23)37-2)14-32-34-24(16-7-6-8-18(11-16)27(29,30)31)33-21-10-5-4-9-20(21)25(34)35/h4-15H,1-3H3/t15-/m0/s1. The van der Waals surface area contributed by atoms with Gasteiger partial charge in [0.05, 0.1) is 36.9 Å². The summed E-state index contributed by atoms with van der Waals surface area (Å²) in [4.78, 5) is 29.9. The average Bonchev–Trinajstić information content (AvgIpc) is 2.92. The normalized spacial score (nSPS) is 12.5. The number of ether oxygens (including phenoxy) is 3. The second kappa shape index (κ2) is 11.3. The highest BCUT2D eigenvalue weighted by Gasteiger charge is 2.31. The van der Waals surface area contributed by atoms with Crippen molar-refractivity contribution in [2.24, 2.45) is 5.10 Å². The molecule has 4 rings (SSSR count). The molecule has 0 spiro atoms. The summed E-state index contributed by atoms with van der Waals surface area (Å²) >= 11 is 3.37. The monoisotopic (exact) mass is 603 g/mol. The van der Waals surface area contributed by atoms with Crippen LogP contribution in [0.2, 0.25) is 0 Å². The first kappa shape index (κ1) is 27.8. The zero-order valence-electron chi connectivity index (χ0n) is 20.8. The van der Waals surface area contributed by atoms with Gasteiger partial charge in [-0.15, -0.1) is 0 Å². The highest BCUT2D eigenvalue weighted by Crippen LogP contribution is 2.35. The fourth-order valence-corrected chi connectivity index (χ4v) is 4.18. The Kier molecular flexibility index (Phi) is 8.05. The van der Waals surface area contributed by atoms with Crippen molar-refractivity contribution in [2.75, 3.05) is 14.2 Å². The van der Waals surface area contributed by atoms with Gasteiger partial charge in [-0.3, -0.25) is 4.79 Å². The van der Waals surface area contributed by atoms with Crippen LogP contribution in [0.3, 0.4) is 0 Å². The lowest BCUT2D eigenvalue weighted by Gasteiger charge is -2.17. The van der Waals surface area contributed by atoms with Gasteiger partial charge in [-0.1, -0.05) is 40.2 Å². The first-order chi connectivity index (χ1) is 18.5. The van der Waals surface area contributed by atoms with E-state index >= 15 is 0 Å². The average molecular weight is 604 g/mol. The maximum Gasteiger partial charge on any atom is 0.416 e. The number of fused-ring (bicyclic) bond motifs is 1. The smallest absolute Gasteiger partial charge is 0.416 e. The molecule has 1 heterocycles. The van der Waals surface area contributed by atoms with Crippen LogP contribution in [0.15, 0.2) is 75.0 Å². The van der Waals surface area contributed by atoms with E-state index in [1.807, 2.05) is 0 Å². The summed E-state index contributed by atoms with van der Waals surface area (Å²) in [6, 6.07) is 14.1. The predicted octanol–water partition coefficient (Wildman–Crippen LogP) is 5.68. The van der Waals surface area contributed by atoms with Gasteiger partial charge < -0.3 is 14.2 Å². The van der Waals surface area contributed by atoms with E-state index in [1.165, 1.54) is 39.5 Å². The number of hydrogen-bond donors (Lipinski definition) is 0. The van der Waals surface area contributed by atoms with Crippen molar-refractivity contribution in [2.45, 2.75) is 19.2 Å². The molecule has 0 radical (unpaired) electrons. The van der Waals surface area contributed by atoms with Crippen LogP contribution in [0.5, 0.6) is 11.5 Å². The van der Waals surface area contributed by atoms with Gasteiger partial charge in [0.2, 0.25) is 0 Å². The lowest BCUT2D eigenvalue weighted by Crippen LogP contribution is -2.25. The Balaban J connectivity index is 1.92. The van der Waals surface area contributed by atoms with E-state index < -0.39 is 29.4 Å². The molecule has 39 heavy (non-hydrogen) atoms. The number of benzene rings is 3. The molecule has 0 aliphatic heterocycles. The molecule has 0 fully saturated rings. The topological polar surface area (TPSA) is 92.0 Å². The predicted molar refractivity (Wildman–Crippen MR) is 142 cm³/mol. The highest BCUT2D eigenvalue weighted by molar-refractivity contribution is 9.10. The number of nitrogens with zero attached hydrogens (tertiary/aromatic N) is 3. The lowest BCUT2D eigenvalue weighted by molar-refractivity contribution is -0.148. The Morgan fingerprint density at radius 2 is 1.85 bits per heavy atom. The largest absolute Gasteiger partial charge is 0.493 e. The number of para-hydroxylation sites is 1. The number of carbonyl (C=O) groups is 1. The fourth-order valence-electron chi connectivity index (χ4n) is 3.73. The van der Waals surface area contributed by atoms with Crippen LogP contribution in [0.1, 0.15) is 18.1 Å². The molecule has 0 saturated heterocycles. The Morgan fingerprint density at radius 1 is 1.10 bits per heavy atom. The first-order valence-corrected chi connectivity index (χ1v) is 12.2. The van der Waals surface area contributed by atoms with Crippen molar-refractivity contribution in [1.82, 2.24) is 9.66 Å². The number of esters is 1. The fraction of sp³-hybridized carbons (Fsp3) is 0.185. The van der Waals surface area contributed by atoms with E-state index in [-0.39, 0.29) is 28.3 Å². The van der Waals surface area contributed by atoms with Gasteiger partial charge in [0.1, 0.15) is 0 Å². The van der Waals surface area contributed by atoms with Crippen molar-refractivity contribution >= 4 is 39.0 Å². The Hall–Kier alpha value is -4.19. The zero-order valence-corrected chi connectivity index (χ0v) is 22.4. The number of alkyl halides is 3. The minimum atomic E-state index is -4.60. The number of halogens is 4. The van der Waals surface area contributed by atoms with Gasteiger partial charge in [-0.25, -0.2) is 9.78 Å². The minimum Gasteiger partial charge on any atom is -0.493 e. The second-order valence-corrected chi connectivity index (χ2v) is 9.12. The van der Waals surface area contributed by atoms with E-state index in [2.05, 4.69) is 26.0 Å². The molecule has 202 valence electrons. The molecule has 1 aromatic heterocycles. The second-order valence-electron chi connectivity index (χ2n) is 8.20. The molecule has 0 saturated carbocycles.